The fourth-order valence-corrected chi connectivity index (χ4v) is 2.88. The second-order valence-electron chi connectivity index (χ2n) is 6.01. The van der Waals surface area contributed by atoms with Gasteiger partial charge in [0.1, 0.15) is 0 Å². The van der Waals surface area contributed by atoms with Crippen LogP contribution in [0.5, 0.6) is 0 Å². The molecule has 1 amide bonds. The van der Waals surface area contributed by atoms with Gasteiger partial charge in [-0.25, -0.2) is 0 Å². The van der Waals surface area contributed by atoms with Crippen LogP contribution in [0.15, 0.2) is 24.3 Å². The molecule has 0 spiro atoms. The Morgan fingerprint density at radius 2 is 2.05 bits per heavy atom. The third-order valence-corrected chi connectivity index (χ3v) is 4.17. The van der Waals surface area contributed by atoms with Gasteiger partial charge in [0.2, 0.25) is 5.91 Å². The molecule has 1 fully saturated rings. The second-order valence-corrected chi connectivity index (χ2v) is 6.01. The van der Waals surface area contributed by atoms with Gasteiger partial charge < -0.3 is 15.4 Å². The van der Waals surface area contributed by atoms with Crippen molar-refractivity contribution in [3.8, 4) is 0 Å². The molecule has 2 N–H and O–H groups in total. The summed E-state index contributed by atoms with van der Waals surface area (Å²) in [6.07, 6.45) is 1.80. The van der Waals surface area contributed by atoms with E-state index in [9.17, 15) is 4.79 Å². The van der Waals surface area contributed by atoms with E-state index in [2.05, 4.69) is 20.8 Å². The lowest BCUT2D eigenvalue weighted by atomic mass is 9.97. The van der Waals surface area contributed by atoms with Gasteiger partial charge in [0.25, 0.3) is 0 Å². The highest BCUT2D eigenvalue weighted by atomic mass is 16.5. The first-order chi connectivity index (χ1) is 10.0. The average Bonchev–Trinajstić information content (AvgIpc) is 2.94. The Hall–Kier alpha value is -1.55. The Morgan fingerprint density at radius 1 is 1.38 bits per heavy atom. The van der Waals surface area contributed by atoms with Crippen LogP contribution in [-0.4, -0.2) is 29.6 Å². The molecule has 4 nitrogen and oxygen atoms in total. The average molecular weight is 290 g/mol. The number of amides is 1. The number of rotatable bonds is 5. The van der Waals surface area contributed by atoms with Crippen LogP contribution >= 0.6 is 0 Å². The molecule has 21 heavy (non-hydrogen) atoms. The van der Waals surface area contributed by atoms with Crippen molar-refractivity contribution in [2.45, 2.75) is 52.3 Å². The molecule has 0 bridgehead atoms. The maximum absolute atomic E-state index is 12.8. The van der Waals surface area contributed by atoms with Crippen LogP contribution in [0.25, 0.3) is 0 Å². The van der Waals surface area contributed by atoms with Gasteiger partial charge in [0, 0.05) is 24.9 Å². The maximum atomic E-state index is 12.8. The first-order valence-corrected chi connectivity index (χ1v) is 7.79. The van der Waals surface area contributed by atoms with Crippen molar-refractivity contribution in [2.75, 3.05) is 12.3 Å². The van der Waals surface area contributed by atoms with Crippen molar-refractivity contribution in [3.05, 3.63) is 29.8 Å². The Kier molecular flexibility index (Phi) is 5.23. The molecule has 2 rings (SSSR count). The SMILES string of the molecule is CCC1OCCC1C(=O)N(Cc1ccc(N)cc1)C(C)C. The Labute approximate surface area is 127 Å². The van der Waals surface area contributed by atoms with Gasteiger partial charge in [-0.05, 0) is 44.4 Å². The number of nitrogen functional groups attached to an aromatic ring is 1. The first-order valence-electron chi connectivity index (χ1n) is 7.79. The van der Waals surface area contributed by atoms with Crippen LogP contribution in [0.1, 0.15) is 39.2 Å². The van der Waals surface area contributed by atoms with E-state index in [4.69, 9.17) is 10.5 Å². The number of ether oxygens (including phenoxy) is 1. The molecule has 1 saturated heterocycles. The molecule has 1 aromatic carbocycles. The Balaban J connectivity index is 2.11. The number of anilines is 1. The van der Waals surface area contributed by atoms with E-state index >= 15 is 0 Å². The van der Waals surface area contributed by atoms with Crippen molar-refractivity contribution in [2.24, 2.45) is 5.92 Å². The Morgan fingerprint density at radius 3 is 2.62 bits per heavy atom. The Bertz CT molecular complexity index is 470. The molecule has 1 aliphatic rings. The minimum Gasteiger partial charge on any atom is -0.399 e. The maximum Gasteiger partial charge on any atom is 0.228 e. The van der Waals surface area contributed by atoms with Crippen molar-refractivity contribution in [1.29, 1.82) is 0 Å². The normalized spacial score (nSPS) is 21.7. The molecule has 4 heteroatoms. The molecule has 2 unspecified atom stereocenters. The monoisotopic (exact) mass is 290 g/mol. The van der Waals surface area contributed by atoms with E-state index < -0.39 is 0 Å². The predicted octanol–water partition coefficient (Wildman–Crippen LogP) is 2.82. The van der Waals surface area contributed by atoms with Gasteiger partial charge in [-0.15, -0.1) is 0 Å². The van der Waals surface area contributed by atoms with E-state index in [1.54, 1.807) is 0 Å². The zero-order chi connectivity index (χ0) is 15.4. The minimum absolute atomic E-state index is 0.00572. The molecule has 0 aromatic heterocycles. The van der Waals surface area contributed by atoms with Crippen molar-refractivity contribution < 1.29 is 9.53 Å². The molecule has 1 aromatic rings. The highest BCUT2D eigenvalue weighted by Crippen LogP contribution is 2.27. The largest absolute Gasteiger partial charge is 0.399 e. The highest BCUT2D eigenvalue weighted by Gasteiger charge is 2.36. The number of benzene rings is 1. The van der Waals surface area contributed by atoms with Crippen LogP contribution in [-0.2, 0) is 16.1 Å². The summed E-state index contributed by atoms with van der Waals surface area (Å²) in [6, 6.07) is 7.91. The number of nitrogens with two attached hydrogens (primary N) is 1. The van der Waals surface area contributed by atoms with Gasteiger partial charge >= 0.3 is 0 Å². The number of carbonyl (C=O) groups excluding carboxylic acids is 1. The van der Waals surface area contributed by atoms with Gasteiger partial charge in [-0.3, -0.25) is 4.79 Å². The van der Waals surface area contributed by atoms with Crippen LogP contribution in [0.2, 0.25) is 0 Å². The standard InChI is InChI=1S/C17H26N2O2/c1-4-16-15(9-10-21-16)17(20)19(12(2)3)11-13-5-7-14(18)8-6-13/h5-8,12,15-16H,4,9-11,18H2,1-3H3. The summed E-state index contributed by atoms with van der Waals surface area (Å²) in [7, 11) is 0. The first kappa shape index (κ1) is 15.8. The zero-order valence-electron chi connectivity index (χ0n) is 13.2. The van der Waals surface area contributed by atoms with Crippen molar-refractivity contribution in [1.82, 2.24) is 4.90 Å². The summed E-state index contributed by atoms with van der Waals surface area (Å²) >= 11 is 0. The smallest absolute Gasteiger partial charge is 0.228 e. The quantitative estimate of drug-likeness (QED) is 0.848. The summed E-state index contributed by atoms with van der Waals surface area (Å²) in [4.78, 5) is 14.8. The fourth-order valence-electron chi connectivity index (χ4n) is 2.88. The summed E-state index contributed by atoms with van der Waals surface area (Å²) in [5, 5.41) is 0. The van der Waals surface area contributed by atoms with Crippen molar-refractivity contribution >= 4 is 11.6 Å². The molecule has 2 atom stereocenters. The topological polar surface area (TPSA) is 55.6 Å². The molecule has 0 radical (unpaired) electrons. The molecule has 1 heterocycles. The number of carbonyl (C=O) groups is 1. The van der Waals surface area contributed by atoms with Crippen LogP contribution < -0.4 is 5.73 Å². The summed E-state index contributed by atoms with van der Waals surface area (Å²) < 4.78 is 5.67. The molecular formula is C17H26N2O2. The van der Waals surface area contributed by atoms with Crippen LogP contribution in [0.4, 0.5) is 5.69 Å². The second kappa shape index (κ2) is 6.94. The lowest BCUT2D eigenvalue weighted by Crippen LogP contribution is -2.42. The van der Waals surface area contributed by atoms with Gasteiger partial charge in [-0.1, -0.05) is 19.1 Å². The van der Waals surface area contributed by atoms with Gasteiger partial charge in [0.15, 0.2) is 0 Å². The summed E-state index contributed by atoms with van der Waals surface area (Å²) in [6.45, 7) is 7.53. The number of hydrogen-bond donors (Lipinski definition) is 1. The minimum atomic E-state index is 0.00572. The zero-order valence-corrected chi connectivity index (χ0v) is 13.2. The van der Waals surface area contributed by atoms with E-state index in [0.717, 1.165) is 24.1 Å². The molecule has 0 aliphatic carbocycles. The molecular weight excluding hydrogens is 264 g/mol. The van der Waals surface area contributed by atoms with Crippen LogP contribution in [0, 0.1) is 5.92 Å². The van der Waals surface area contributed by atoms with Gasteiger partial charge in [-0.2, -0.15) is 0 Å². The summed E-state index contributed by atoms with van der Waals surface area (Å²) in [5.74, 6) is 0.220. The highest BCUT2D eigenvalue weighted by molar-refractivity contribution is 5.80. The third kappa shape index (κ3) is 3.76. The van der Waals surface area contributed by atoms with Gasteiger partial charge in [0.05, 0.1) is 12.0 Å². The summed E-state index contributed by atoms with van der Waals surface area (Å²) in [5.41, 5.74) is 7.57. The molecule has 0 saturated carbocycles. The number of hydrogen-bond acceptors (Lipinski definition) is 3. The van der Waals surface area contributed by atoms with E-state index in [-0.39, 0.29) is 24.0 Å². The lowest BCUT2D eigenvalue weighted by Gasteiger charge is -2.31. The number of nitrogens with zero attached hydrogens (tertiary/aromatic N) is 1. The predicted molar refractivity (Wildman–Crippen MR) is 84.7 cm³/mol. The fraction of sp³-hybridized carbons (Fsp3) is 0.588. The van der Waals surface area contributed by atoms with Crippen LogP contribution in [0.3, 0.4) is 0 Å². The van der Waals surface area contributed by atoms with E-state index in [0.29, 0.717) is 13.2 Å². The van der Waals surface area contributed by atoms with Crippen molar-refractivity contribution in [3.63, 3.8) is 0 Å². The molecule has 1 aliphatic heterocycles. The van der Waals surface area contributed by atoms with E-state index in [1.807, 2.05) is 29.2 Å². The lowest BCUT2D eigenvalue weighted by molar-refractivity contribution is -0.139. The van der Waals surface area contributed by atoms with E-state index in [1.165, 1.54) is 0 Å². The third-order valence-electron chi connectivity index (χ3n) is 4.17. The molecule has 116 valence electrons.